The number of nitrogens with one attached hydrogen (secondary N) is 1. The van der Waals surface area contributed by atoms with E-state index in [1.165, 1.54) is 12.7 Å². The number of carbonyl (C=O) groups is 1. The Balaban J connectivity index is 2.28. The number of hydrogen-bond acceptors (Lipinski definition) is 5. The highest BCUT2D eigenvalue weighted by Crippen LogP contribution is 2.12. The smallest absolute Gasteiger partial charge is 0.322 e. The fourth-order valence-electron chi connectivity index (χ4n) is 1.65. The van der Waals surface area contributed by atoms with E-state index in [9.17, 15) is 9.90 Å². The molecule has 2 unspecified atom stereocenters. The third kappa shape index (κ3) is 5.59. The van der Waals surface area contributed by atoms with Crippen LogP contribution in [0.3, 0.4) is 0 Å². The number of esters is 1. The monoisotopic (exact) mass is 281 g/mol. The van der Waals surface area contributed by atoms with Crippen LogP contribution in [0.2, 0.25) is 0 Å². The summed E-state index contributed by atoms with van der Waals surface area (Å²) in [5, 5.41) is 12.7. The van der Waals surface area contributed by atoms with E-state index >= 15 is 0 Å². The fraction of sp³-hybridized carbons (Fsp3) is 0.533. The van der Waals surface area contributed by atoms with Gasteiger partial charge < -0.3 is 19.9 Å². The molecule has 5 nitrogen and oxygen atoms in total. The standard InChI is InChI=1S/C15H23NO4/c1-4-12-5-7-14(8-6-12)20-10-13(17)9-16-11(2)15(18)19-3/h5-8,11,13,16-17H,4,9-10H2,1-3H3. The van der Waals surface area contributed by atoms with Crippen molar-refractivity contribution in [3.05, 3.63) is 29.8 Å². The molecule has 0 amide bonds. The number of aliphatic hydroxyl groups is 1. The molecule has 2 N–H and O–H groups in total. The molecule has 0 radical (unpaired) electrons. The van der Waals surface area contributed by atoms with E-state index in [2.05, 4.69) is 17.0 Å². The van der Waals surface area contributed by atoms with Crippen LogP contribution < -0.4 is 10.1 Å². The number of benzene rings is 1. The fourth-order valence-corrected chi connectivity index (χ4v) is 1.65. The topological polar surface area (TPSA) is 67.8 Å². The zero-order valence-electron chi connectivity index (χ0n) is 12.3. The molecule has 0 aliphatic carbocycles. The van der Waals surface area contributed by atoms with Crippen LogP contribution >= 0.6 is 0 Å². The summed E-state index contributed by atoms with van der Waals surface area (Å²) in [6.45, 7) is 4.21. The minimum atomic E-state index is -0.687. The summed E-state index contributed by atoms with van der Waals surface area (Å²) in [6.07, 6.45) is 0.297. The van der Waals surface area contributed by atoms with Gasteiger partial charge in [0, 0.05) is 6.54 Å². The van der Waals surface area contributed by atoms with Gasteiger partial charge in [-0.05, 0) is 31.0 Å². The lowest BCUT2D eigenvalue weighted by Gasteiger charge is -2.16. The van der Waals surface area contributed by atoms with Crippen molar-refractivity contribution in [3.8, 4) is 5.75 Å². The Morgan fingerprint density at radius 3 is 2.55 bits per heavy atom. The Hall–Kier alpha value is -1.59. The minimum absolute atomic E-state index is 0.173. The molecular formula is C15H23NO4. The molecule has 0 aliphatic heterocycles. The summed E-state index contributed by atoms with van der Waals surface area (Å²) in [7, 11) is 1.33. The highest BCUT2D eigenvalue weighted by Gasteiger charge is 2.14. The van der Waals surface area contributed by atoms with E-state index in [4.69, 9.17) is 4.74 Å². The first-order valence-corrected chi connectivity index (χ1v) is 6.77. The molecule has 0 spiro atoms. The SMILES string of the molecule is CCc1ccc(OCC(O)CNC(C)C(=O)OC)cc1. The van der Waals surface area contributed by atoms with Gasteiger partial charge >= 0.3 is 5.97 Å². The number of aryl methyl sites for hydroxylation is 1. The van der Waals surface area contributed by atoms with Gasteiger partial charge in [-0.15, -0.1) is 0 Å². The zero-order chi connectivity index (χ0) is 15.0. The molecule has 5 heteroatoms. The van der Waals surface area contributed by atoms with E-state index in [-0.39, 0.29) is 19.1 Å². The number of aliphatic hydroxyl groups excluding tert-OH is 1. The van der Waals surface area contributed by atoms with Crippen LogP contribution in [0.1, 0.15) is 19.4 Å². The number of hydrogen-bond donors (Lipinski definition) is 2. The Labute approximate surface area is 119 Å². The predicted octanol–water partition coefficient (Wildman–Crippen LogP) is 1.14. The van der Waals surface area contributed by atoms with E-state index < -0.39 is 12.1 Å². The summed E-state index contributed by atoms with van der Waals surface area (Å²) >= 11 is 0. The minimum Gasteiger partial charge on any atom is -0.491 e. The Kier molecular flexibility index (Phi) is 7.04. The molecule has 1 rings (SSSR count). The summed E-state index contributed by atoms with van der Waals surface area (Å²) in [5.74, 6) is 0.371. The maximum absolute atomic E-state index is 11.2. The Bertz CT molecular complexity index is 405. The third-order valence-electron chi connectivity index (χ3n) is 2.99. The van der Waals surface area contributed by atoms with Crippen molar-refractivity contribution in [1.82, 2.24) is 5.32 Å². The summed E-state index contributed by atoms with van der Waals surface area (Å²) < 4.78 is 10.1. The van der Waals surface area contributed by atoms with Crippen molar-refractivity contribution < 1.29 is 19.4 Å². The normalized spacial score (nSPS) is 13.6. The van der Waals surface area contributed by atoms with Gasteiger partial charge in [0.2, 0.25) is 0 Å². The molecule has 0 aromatic heterocycles. The van der Waals surface area contributed by atoms with E-state index in [0.29, 0.717) is 0 Å². The number of methoxy groups -OCH3 is 1. The highest BCUT2D eigenvalue weighted by molar-refractivity contribution is 5.75. The Morgan fingerprint density at radius 2 is 2.00 bits per heavy atom. The zero-order valence-corrected chi connectivity index (χ0v) is 12.3. The molecular weight excluding hydrogens is 258 g/mol. The van der Waals surface area contributed by atoms with Gasteiger partial charge in [-0.25, -0.2) is 0 Å². The van der Waals surface area contributed by atoms with Gasteiger partial charge in [0.25, 0.3) is 0 Å². The number of rotatable bonds is 8. The van der Waals surface area contributed by atoms with Gasteiger partial charge in [-0.2, -0.15) is 0 Å². The van der Waals surface area contributed by atoms with Gasteiger partial charge in [-0.3, -0.25) is 4.79 Å². The first kappa shape index (κ1) is 16.5. The van der Waals surface area contributed by atoms with Crippen LogP contribution in [0, 0.1) is 0 Å². The lowest BCUT2D eigenvalue weighted by Crippen LogP contribution is -2.41. The molecule has 0 heterocycles. The van der Waals surface area contributed by atoms with Gasteiger partial charge in [0.1, 0.15) is 24.5 Å². The number of ether oxygens (including phenoxy) is 2. The quantitative estimate of drug-likeness (QED) is 0.699. The lowest BCUT2D eigenvalue weighted by atomic mass is 10.2. The van der Waals surface area contributed by atoms with Crippen molar-refractivity contribution >= 4 is 5.97 Å². The highest BCUT2D eigenvalue weighted by atomic mass is 16.5. The van der Waals surface area contributed by atoms with Crippen LogP contribution in [-0.4, -0.2) is 43.5 Å². The van der Waals surface area contributed by atoms with E-state index in [1.807, 2.05) is 24.3 Å². The van der Waals surface area contributed by atoms with Crippen molar-refractivity contribution in [2.75, 3.05) is 20.3 Å². The number of carbonyl (C=O) groups excluding carboxylic acids is 1. The molecule has 1 aromatic carbocycles. The van der Waals surface area contributed by atoms with Crippen molar-refractivity contribution in [2.24, 2.45) is 0 Å². The summed E-state index contributed by atoms with van der Waals surface area (Å²) in [6, 6.07) is 7.32. The van der Waals surface area contributed by atoms with Gasteiger partial charge in [0.05, 0.1) is 7.11 Å². The molecule has 0 saturated heterocycles. The second kappa shape index (κ2) is 8.55. The molecule has 112 valence electrons. The van der Waals surface area contributed by atoms with Gasteiger partial charge in [-0.1, -0.05) is 19.1 Å². The van der Waals surface area contributed by atoms with Crippen LogP contribution in [-0.2, 0) is 16.0 Å². The van der Waals surface area contributed by atoms with E-state index in [0.717, 1.165) is 12.2 Å². The molecule has 2 atom stereocenters. The van der Waals surface area contributed by atoms with Crippen LogP contribution in [0.15, 0.2) is 24.3 Å². The molecule has 0 fully saturated rings. The van der Waals surface area contributed by atoms with Crippen molar-refractivity contribution in [2.45, 2.75) is 32.4 Å². The summed E-state index contributed by atoms with van der Waals surface area (Å²) in [5.41, 5.74) is 1.24. The maximum atomic E-state index is 11.2. The van der Waals surface area contributed by atoms with E-state index in [1.54, 1.807) is 6.92 Å². The van der Waals surface area contributed by atoms with Crippen LogP contribution in [0.25, 0.3) is 0 Å². The Morgan fingerprint density at radius 1 is 1.35 bits per heavy atom. The summed E-state index contributed by atoms with van der Waals surface area (Å²) in [4.78, 5) is 11.2. The van der Waals surface area contributed by atoms with Gasteiger partial charge in [0.15, 0.2) is 0 Å². The van der Waals surface area contributed by atoms with Crippen molar-refractivity contribution in [3.63, 3.8) is 0 Å². The predicted molar refractivity (Wildman–Crippen MR) is 76.8 cm³/mol. The van der Waals surface area contributed by atoms with Crippen LogP contribution in [0.5, 0.6) is 5.75 Å². The second-order valence-electron chi connectivity index (χ2n) is 4.62. The lowest BCUT2D eigenvalue weighted by molar-refractivity contribution is -0.142. The average Bonchev–Trinajstić information content (AvgIpc) is 2.50. The molecule has 0 saturated carbocycles. The maximum Gasteiger partial charge on any atom is 0.322 e. The first-order chi connectivity index (χ1) is 9.56. The largest absolute Gasteiger partial charge is 0.491 e. The molecule has 1 aromatic rings. The second-order valence-corrected chi connectivity index (χ2v) is 4.62. The molecule has 0 aliphatic rings. The third-order valence-corrected chi connectivity index (χ3v) is 2.99. The molecule has 20 heavy (non-hydrogen) atoms. The molecule has 0 bridgehead atoms. The average molecular weight is 281 g/mol. The van der Waals surface area contributed by atoms with Crippen LogP contribution in [0.4, 0.5) is 0 Å². The van der Waals surface area contributed by atoms with Crippen molar-refractivity contribution in [1.29, 1.82) is 0 Å². The first-order valence-electron chi connectivity index (χ1n) is 6.77.